The van der Waals surface area contributed by atoms with Crippen LogP contribution in [-0.4, -0.2) is 24.3 Å². The van der Waals surface area contributed by atoms with Crippen molar-refractivity contribution in [3.63, 3.8) is 0 Å². The molecular weight excluding hydrogens is 392 g/mol. The van der Waals surface area contributed by atoms with Gasteiger partial charge in [0.25, 0.3) is 5.91 Å². The van der Waals surface area contributed by atoms with Crippen molar-refractivity contribution in [3.8, 4) is 0 Å². The number of sulfonamides is 1. The number of fused-ring (bicyclic) bond motifs is 1. The maximum absolute atomic E-state index is 12.6. The predicted molar refractivity (Wildman–Crippen MR) is 108 cm³/mol. The van der Waals surface area contributed by atoms with Gasteiger partial charge < -0.3 is 19.7 Å². The standard InChI is InChI=1S/C20H16N4O4S/c1-13-16-5-2-3-6-17(16)28-18(13)19(25)23-14-7-9-15(10-8-14)29(26,27)24-20-21-11-4-12-22-20/h2-12H,1H3,(H2,21,22,23,24,25)/p-1. The summed E-state index contributed by atoms with van der Waals surface area (Å²) in [6, 6.07) is 14.6. The molecule has 0 aliphatic rings. The van der Waals surface area contributed by atoms with Gasteiger partial charge in [-0.15, -0.1) is 0 Å². The molecule has 0 saturated carbocycles. The zero-order valence-corrected chi connectivity index (χ0v) is 16.1. The zero-order valence-electron chi connectivity index (χ0n) is 15.2. The Bertz CT molecular complexity index is 1280. The summed E-state index contributed by atoms with van der Waals surface area (Å²) in [7, 11) is -3.97. The lowest BCUT2D eigenvalue weighted by atomic mass is 10.1. The van der Waals surface area contributed by atoms with Gasteiger partial charge >= 0.3 is 0 Å². The van der Waals surface area contributed by atoms with Crippen LogP contribution >= 0.6 is 0 Å². The van der Waals surface area contributed by atoms with Gasteiger partial charge in [-0.25, -0.2) is 8.42 Å². The first-order valence-electron chi connectivity index (χ1n) is 8.59. The number of anilines is 1. The number of furan rings is 1. The van der Waals surface area contributed by atoms with Crippen molar-refractivity contribution < 1.29 is 17.6 Å². The van der Waals surface area contributed by atoms with Crippen LogP contribution < -0.4 is 5.32 Å². The predicted octanol–water partition coefficient (Wildman–Crippen LogP) is 4.18. The van der Waals surface area contributed by atoms with Gasteiger partial charge in [-0.3, -0.25) is 9.52 Å². The third-order valence-electron chi connectivity index (χ3n) is 4.21. The highest BCUT2D eigenvalue weighted by Gasteiger charge is 2.18. The van der Waals surface area contributed by atoms with Crippen LogP contribution in [0.25, 0.3) is 15.7 Å². The molecule has 1 N–H and O–H groups in total. The van der Waals surface area contributed by atoms with Crippen molar-refractivity contribution in [1.82, 2.24) is 9.97 Å². The Morgan fingerprint density at radius 2 is 1.69 bits per heavy atom. The minimum Gasteiger partial charge on any atom is -0.451 e. The summed E-state index contributed by atoms with van der Waals surface area (Å²) in [5, 5.41) is 3.57. The third-order valence-corrected chi connectivity index (χ3v) is 5.49. The number of nitrogens with one attached hydrogen (secondary N) is 1. The minimum atomic E-state index is -3.97. The number of rotatable bonds is 5. The minimum absolute atomic E-state index is 0.0390. The first kappa shape index (κ1) is 18.6. The van der Waals surface area contributed by atoms with Crippen molar-refractivity contribution in [1.29, 1.82) is 0 Å². The molecule has 4 rings (SSSR count). The molecule has 146 valence electrons. The number of hydrogen-bond donors (Lipinski definition) is 1. The molecule has 4 aromatic rings. The molecule has 1 amide bonds. The van der Waals surface area contributed by atoms with Gasteiger partial charge in [-0.05, 0) is 49.6 Å². The van der Waals surface area contributed by atoms with E-state index in [0.717, 1.165) is 10.9 Å². The van der Waals surface area contributed by atoms with E-state index in [1.165, 1.54) is 36.7 Å². The molecule has 2 aromatic carbocycles. The Hall–Kier alpha value is -3.72. The molecule has 0 unspecified atom stereocenters. The van der Waals surface area contributed by atoms with E-state index in [1.54, 1.807) is 12.1 Å². The van der Waals surface area contributed by atoms with E-state index in [1.807, 2.05) is 25.1 Å². The molecule has 0 radical (unpaired) electrons. The number of aryl methyl sites for hydroxylation is 1. The van der Waals surface area contributed by atoms with Gasteiger partial charge in [0.1, 0.15) is 5.58 Å². The topological polar surface area (TPSA) is 116 Å². The van der Waals surface area contributed by atoms with Crippen LogP contribution in [0.4, 0.5) is 11.6 Å². The highest BCUT2D eigenvalue weighted by Crippen LogP contribution is 2.27. The molecule has 0 bridgehead atoms. The molecule has 8 nitrogen and oxygen atoms in total. The Kier molecular flexibility index (Phi) is 4.73. The molecule has 9 heteroatoms. The molecule has 0 fully saturated rings. The van der Waals surface area contributed by atoms with E-state index in [-0.39, 0.29) is 16.6 Å². The molecule has 2 heterocycles. The van der Waals surface area contributed by atoms with Gasteiger partial charge in [0.05, 0.1) is 4.90 Å². The molecule has 0 saturated heterocycles. The molecule has 29 heavy (non-hydrogen) atoms. The van der Waals surface area contributed by atoms with Gasteiger partial charge in [0.15, 0.2) is 5.76 Å². The first-order chi connectivity index (χ1) is 13.9. The molecular formula is C20H15N4O4S-. The second-order valence-electron chi connectivity index (χ2n) is 6.15. The number of aromatic nitrogens is 2. The number of carbonyl (C=O) groups is 1. The summed E-state index contributed by atoms with van der Waals surface area (Å²) in [6.45, 7) is 1.81. The maximum atomic E-state index is 12.6. The number of benzene rings is 2. The fraction of sp³-hybridized carbons (Fsp3) is 0.0500. The maximum Gasteiger partial charge on any atom is 0.291 e. The van der Waals surface area contributed by atoms with Crippen molar-refractivity contribution >= 4 is 38.5 Å². The average molecular weight is 407 g/mol. The quantitative estimate of drug-likeness (QED) is 0.530. The summed E-state index contributed by atoms with van der Waals surface area (Å²) >= 11 is 0. The number of nitrogens with zero attached hydrogens (tertiary/aromatic N) is 3. The average Bonchev–Trinajstić information content (AvgIpc) is 3.06. The van der Waals surface area contributed by atoms with Crippen molar-refractivity contribution in [2.75, 3.05) is 5.32 Å². The van der Waals surface area contributed by atoms with Crippen LogP contribution in [0.1, 0.15) is 16.1 Å². The summed E-state index contributed by atoms with van der Waals surface area (Å²) in [6.07, 6.45) is 2.81. The zero-order chi connectivity index (χ0) is 20.4. The summed E-state index contributed by atoms with van der Waals surface area (Å²) in [5.74, 6) is -0.360. The van der Waals surface area contributed by atoms with Crippen LogP contribution in [0.15, 0.2) is 76.3 Å². The summed E-state index contributed by atoms with van der Waals surface area (Å²) < 4.78 is 33.9. The van der Waals surface area contributed by atoms with E-state index in [2.05, 4.69) is 20.0 Å². The largest absolute Gasteiger partial charge is 0.451 e. The van der Waals surface area contributed by atoms with E-state index in [4.69, 9.17) is 4.42 Å². The second kappa shape index (κ2) is 7.36. The Balaban J connectivity index is 1.52. The van der Waals surface area contributed by atoms with Gasteiger partial charge in [-0.2, -0.15) is 0 Å². The highest BCUT2D eigenvalue weighted by molar-refractivity contribution is 7.94. The van der Waals surface area contributed by atoms with Crippen LogP contribution in [0.2, 0.25) is 0 Å². The number of carbonyl (C=O) groups excluding carboxylic acids is 1. The fourth-order valence-corrected chi connectivity index (χ4v) is 3.68. The second-order valence-corrected chi connectivity index (χ2v) is 7.75. The van der Waals surface area contributed by atoms with E-state index in [9.17, 15) is 13.2 Å². The normalized spacial score (nSPS) is 11.3. The van der Waals surface area contributed by atoms with Crippen LogP contribution in [0, 0.1) is 6.92 Å². The SMILES string of the molecule is Cc1c(C(=O)Nc2ccc(S(=O)(=O)[N-]c3ncccn3)cc2)oc2ccccc12. The molecule has 0 aliphatic carbocycles. The number of para-hydroxylation sites is 1. The van der Waals surface area contributed by atoms with Crippen molar-refractivity contribution in [3.05, 3.63) is 83.0 Å². The van der Waals surface area contributed by atoms with Crippen LogP contribution in [0.5, 0.6) is 0 Å². The van der Waals surface area contributed by atoms with Gasteiger partial charge in [0.2, 0.25) is 10.0 Å². The molecule has 0 atom stereocenters. The Morgan fingerprint density at radius 3 is 2.38 bits per heavy atom. The van der Waals surface area contributed by atoms with Crippen molar-refractivity contribution in [2.24, 2.45) is 0 Å². The monoisotopic (exact) mass is 407 g/mol. The van der Waals surface area contributed by atoms with Crippen molar-refractivity contribution in [2.45, 2.75) is 11.8 Å². The van der Waals surface area contributed by atoms with Gasteiger partial charge in [0, 0.05) is 22.6 Å². The lowest BCUT2D eigenvalue weighted by Gasteiger charge is -2.12. The summed E-state index contributed by atoms with van der Waals surface area (Å²) in [5.41, 5.74) is 1.78. The Morgan fingerprint density at radius 1 is 1.00 bits per heavy atom. The smallest absolute Gasteiger partial charge is 0.291 e. The molecule has 0 spiro atoms. The lowest BCUT2D eigenvalue weighted by molar-refractivity contribution is 0.0998. The number of hydrogen-bond acceptors (Lipinski definition) is 6. The van der Waals surface area contributed by atoms with Gasteiger partial charge in [-0.1, -0.05) is 24.3 Å². The van der Waals surface area contributed by atoms with Crippen LogP contribution in [-0.2, 0) is 10.0 Å². The fourth-order valence-electron chi connectivity index (χ4n) is 2.79. The Labute approximate surface area is 166 Å². The highest BCUT2D eigenvalue weighted by atomic mass is 32.2. The van der Waals surface area contributed by atoms with E-state index >= 15 is 0 Å². The third kappa shape index (κ3) is 3.81. The lowest BCUT2D eigenvalue weighted by Crippen LogP contribution is -2.12. The van der Waals surface area contributed by atoms with E-state index < -0.39 is 15.9 Å². The molecule has 2 aromatic heterocycles. The summed E-state index contributed by atoms with van der Waals surface area (Å²) in [4.78, 5) is 20.1. The molecule has 0 aliphatic heterocycles. The first-order valence-corrected chi connectivity index (χ1v) is 10.0. The van der Waals surface area contributed by atoms with Crippen LogP contribution in [0.3, 0.4) is 0 Å². The van der Waals surface area contributed by atoms with E-state index in [0.29, 0.717) is 11.3 Å². The number of amides is 1.